The summed E-state index contributed by atoms with van der Waals surface area (Å²) in [6, 6.07) is 9.42. The van der Waals surface area contributed by atoms with Crippen LogP contribution in [0.4, 0.5) is 0 Å². The van der Waals surface area contributed by atoms with Gasteiger partial charge in [-0.15, -0.1) is 0 Å². The molecule has 2 atom stereocenters. The van der Waals surface area contributed by atoms with E-state index in [9.17, 15) is 4.57 Å². The van der Waals surface area contributed by atoms with Crippen LogP contribution < -0.4 is 9.61 Å². The average molecular weight is 227 g/mol. The van der Waals surface area contributed by atoms with Crippen LogP contribution in [-0.4, -0.2) is 12.7 Å². The molecule has 0 aliphatic rings. The smallest absolute Gasteiger partial charge is 0.313 e. The first-order valence-electron chi connectivity index (χ1n) is 5.13. The predicted octanol–water partition coefficient (Wildman–Crippen LogP) is 3.28. The Hall–Kier alpha value is -0.790. The molecule has 1 unspecified atom stereocenters. The Bertz CT molecular complexity index is 340. The second-order valence-corrected chi connectivity index (χ2v) is 5.82. The number of nitrogens with one attached hydrogen (secondary N) is 1. The van der Waals surface area contributed by atoms with E-state index < -0.39 is 7.52 Å². The minimum absolute atomic E-state index is 0.199. The molecule has 0 aliphatic heterocycles. The molecule has 0 bridgehead atoms. The SMILES string of the molecule is CC[C@H](C)NP(C)(=O)Oc1ccccc1. The van der Waals surface area contributed by atoms with E-state index in [2.05, 4.69) is 5.09 Å². The molecule has 0 heterocycles. The molecule has 0 saturated carbocycles. The molecule has 0 spiro atoms. The van der Waals surface area contributed by atoms with E-state index in [4.69, 9.17) is 4.52 Å². The predicted molar refractivity (Wildman–Crippen MR) is 63.5 cm³/mol. The molecule has 1 rings (SSSR count). The molecule has 4 heteroatoms. The van der Waals surface area contributed by atoms with Gasteiger partial charge in [0.05, 0.1) is 0 Å². The lowest BCUT2D eigenvalue weighted by molar-refractivity contribution is 0.459. The Balaban J connectivity index is 2.61. The standard InChI is InChI=1S/C11H18NO2P/c1-4-10(2)12-15(3,13)14-11-8-6-5-7-9-11/h5-10H,4H2,1-3H3,(H,12,13)/t10-,15?/m0/s1. The van der Waals surface area contributed by atoms with Gasteiger partial charge in [0.25, 0.3) is 0 Å². The van der Waals surface area contributed by atoms with Gasteiger partial charge >= 0.3 is 7.52 Å². The summed E-state index contributed by atoms with van der Waals surface area (Å²) >= 11 is 0. The lowest BCUT2D eigenvalue weighted by Gasteiger charge is -2.20. The topological polar surface area (TPSA) is 38.3 Å². The van der Waals surface area contributed by atoms with Gasteiger partial charge in [0.15, 0.2) is 0 Å². The fourth-order valence-electron chi connectivity index (χ4n) is 1.20. The van der Waals surface area contributed by atoms with E-state index in [1.54, 1.807) is 18.8 Å². The van der Waals surface area contributed by atoms with E-state index in [1.165, 1.54) is 0 Å². The van der Waals surface area contributed by atoms with Crippen molar-refractivity contribution < 1.29 is 9.09 Å². The zero-order valence-electron chi connectivity index (χ0n) is 9.43. The summed E-state index contributed by atoms with van der Waals surface area (Å²) in [4.78, 5) is 0. The van der Waals surface area contributed by atoms with Crippen LogP contribution in [0.1, 0.15) is 20.3 Å². The fourth-order valence-corrected chi connectivity index (χ4v) is 2.76. The van der Waals surface area contributed by atoms with E-state index in [0.29, 0.717) is 5.75 Å². The summed E-state index contributed by atoms with van der Waals surface area (Å²) in [5.74, 6) is 0.638. The zero-order valence-corrected chi connectivity index (χ0v) is 10.3. The largest absolute Gasteiger partial charge is 0.433 e. The molecule has 1 aromatic carbocycles. The number of hydrogen-bond donors (Lipinski definition) is 1. The molecule has 15 heavy (non-hydrogen) atoms. The fraction of sp³-hybridized carbons (Fsp3) is 0.455. The highest BCUT2D eigenvalue weighted by molar-refractivity contribution is 7.56. The second-order valence-electron chi connectivity index (χ2n) is 3.69. The van der Waals surface area contributed by atoms with Crippen LogP contribution in [0.3, 0.4) is 0 Å². The third-order valence-corrected chi connectivity index (χ3v) is 3.56. The maximum absolute atomic E-state index is 12.0. The van der Waals surface area contributed by atoms with Crippen LogP contribution in [-0.2, 0) is 4.57 Å². The number of rotatable bonds is 5. The van der Waals surface area contributed by atoms with Gasteiger partial charge in [0.2, 0.25) is 0 Å². The molecule has 0 fully saturated rings. The van der Waals surface area contributed by atoms with Crippen molar-refractivity contribution in [2.75, 3.05) is 6.66 Å². The highest BCUT2D eigenvalue weighted by Gasteiger charge is 2.18. The van der Waals surface area contributed by atoms with Crippen LogP contribution in [0, 0.1) is 0 Å². The minimum Gasteiger partial charge on any atom is -0.433 e. The third-order valence-electron chi connectivity index (χ3n) is 2.09. The van der Waals surface area contributed by atoms with Gasteiger partial charge in [0.1, 0.15) is 5.75 Å². The molecular formula is C11H18NO2P. The maximum atomic E-state index is 12.0. The summed E-state index contributed by atoms with van der Waals surface area (Å²) in [6.07, 6.45) is 0.927. The molecule has 0 saturated heterocycles. The van der Waals surface area contributed by atoms with Crippen molar-refractivity contribution in [3.63, 3.8) is 0 Å². The third kappa shape index (κ3) is 4.50. The Morgan fingerprint density at radius 3 is 2.53 bits per heavy atom. The molecule has 3 nitrogen and oxygen atoms in total. The first-order chi connectivity index (χ1) is 7.03. The Morgan fingerprint density at radius 1 is 1.40 bits per heavy atom. The number of hydrogen-bond acceptors (Lipinski definition) is 2. The summed E-state index contributed by atoms with van der Waals surface area (Å²) in [6.45, 7) is 5.64. The second kappa shape index (κ2) is 5.34. The highest BCUT2D eigenvalue weighted by Crippen LogP contribution is 2.39. The van der Waals surface area contributed by atoms with Crippen molar-refractivity contribution in [3.05, 3.63) is 30.3 Å². The number of para-hydroxylation sites is 1. The van der Waals surface area contributed by atoms with Crippen LogP contribution in [0.15, 0.2) is 30.3 Å². The summed E-state index contributed by atoms with van der Waals surface area (Å²) in [7, 11) is -2.74. The van der Waals surface area contributed by atoms with Crippen molar-refractivity contribution in [1.29, 1.82) is 0 Å². The van der Waals surface area contributed by atoms with E-state index >= 15 is 0 Å². The van der Waals surface area contributed by atoms with E-state index in [0.717, 1.165) is 6.42 Å². The normalized spacial score (nSPS) is 16.7. The van der Waals surface area contributed by atoms with Gasteiger partial charge < -0.3 is 4.52 Å². The van der Waals surface area contributed by atoms with Crippen LogP contribution >= 0.6 is 7.52 Å². The Labute approximate surface area is 91.4 Å². The molecule has 0 aromatic heterocycles. The molecule has 1 N–H and O–H groups in total. The molecule has 84 valence electrons. The molecule has 0 aliphatic carbocycles. The van der Waals surface area contributed by atoms with Gasteiger partial charge in [0, 0.05) is 12.7 Å². The maximum Gasteiger partial charge on any atom is 0.313 e. The van der Waals surface area contributed by atoms with Gasteiger partial charge in [-0.25, -0.2) is 5.09 Å². The first-order valence-corrected chi connectivity index (χ1v) is 7.20. The van der Waals surface area contributed by atoms with Gasteiger partial charge in [-0.2, -0.15) is 0 Å². The van der Waals surface area contributed by atoms with Crippen molar-refractivity contribution in [3.8, 4) is 5.75 Å². The summed E-state index contributed by atoms with van der Waals surface area (Å²) < 4.78 is 17.4. The van der Waals surface area contributed by atoms with Crippen molar-refractivity contribution in [2.45, 2.75) is 26.3 Å². The van der Waals surface area contributed by atoms with Gasteiger partial charge in [-0.05, 0) is 25.5 Å². The number of benzene rings is 1. The Kier molecular flexibility index (Phi) is 4.37. The lowest BCUT2D eigenvalue weighted by atomic mass is 10.3. The zero-order chi connectivity index (χ0) is 11.3. The molecule has 0 amide bonds. The minimum atomic E-state index is -2.74. The first kappa shape index (κ1) is 12.3. The van der Waals surface area contributed by atoms with Crippen LogP contribution in [0.25, 0.3) is 0 Å². The molecule has 1 aromatic rings. The summed E-state index contributed by atoms with van der Waals surface area (Å²) in [5, 5.41) is 2.99. The quantitative estimate of drug-likeness (QED) is 0.784. The van der Waals surface area contributed by atoms with Gasteiger partial charge in [-0.3, -0.25) is 4.57 Å². The van der Waals surface area contributed by atoms with Crippen LogP contribution in [0.2, 0.25) is 0 Å². The lowest BCUT2D eigenvalue weighted by Crippen LogP contribution is -2.23. The van der Waals surface area contributed by atoms with Crippen molar-refractivity contribution in [1.82, 2.24) is 5.09 Å². The monoisotopic (exact) mass is 227 g/mol. The molecule has 0 radical (unpaired) electrons. The van der Waals surface area contributed by atoms with Crippen molar-refractivity contribution in [2.24, 2.45) is 0 Å². The Morgan fingerprint density at radius 2 is 2.00 bits per heavy atom. The van der Waals surface area contributed by atoms with Crippen LogP contribution in [0.5, 0.6) is 5.75 Å². The van der Waals surface area contributed by atoms with E-state index in [1.807, 2.05) is 32.0 Å². The van der Waals surface area contributed by atoms with E-state index in [-0.39, 0.29) is 6.04 Å². The van der Waals surface area contributed by atoms with Crippen molar-refractivity contribution >= 4 is 7.52 Å². The highest BCUT2D eigenvalue weighted by atomic mass is 31.2. The van der Waals surface area contributed by atoms with Gasteiger partial charge in [-0.1, -0.05) is 25.1 Å². The molecular weight excluding hydrogens is 209 g/mol. The average Bonchev–Trinajstić information content (AvgIpc) is 2.17. The summed E-state index contributed by atoms with van der Waals surface area (Å²) in [5.41, 5.74) is 0.